The summed E-state index contributed by atoms with van der Waals surface area (Å²) in [4.78, 5) is 19.4. The van der Waals surface area contributed by atoms with E-state index < -0.39 is 0 Å². The zero-order chi connectivity index (χ0) is 16.5. The Balaban J connectivity index is 1.59. The van der Waals surface area contributed by atoms with E-state index in [0.29, 0.717) is 6.42 Å². The number of carbonyl (C=O) groups is 1. The molecule has 1 fully saturated rings. The molecule has 2 aromatic heterocycles. The summed E-state index contributed by atoms with van der Waals surface area (Å²) >= 11 is 0. The summed E-state index contributed by atoms with van der Waals surface area (Å²) in [6.07, 6.45) is 6.38. The first-order valence-corrected chi connectivity index (χ1v) is 8.47. The van der Waals surface area contributed by atoms with Gasteiger partial charge < -0.3 is 9.47 Å². The van der Waals surface area contributed by atoms with Crippen molar-refractivity contribution in [2.45, 2.75) is 25.3 Å². The topological polar surface area (TPSA) is 38.1 Å². The van der Waals surface area contributed by atoms with Crippen LogP contribution in [0.15, 0.2) is 54.9 Å². The number of carbonyl (C=O) groups excluding carboxylic acids is 1. The van der Waals surface area contributed by atoms with Crippen molar-refractivity contribution in [2.75, 3.05) is 6.54 Å². The van der Waals surface area contributed by atoms with E-state index in [1.807, 2.05) is 42.3 Å². The fraction of sp³-hybridized carbons (Fsp3) is 0.300. The summed E-state index contributed by atoms with van der Waals surface area (Å²) in [5, 5.41) is 1.17. The lowest BCUT2D eigenvalue weighted by molar-refractivity contribution is -0.131. The largest absolute Gasteiger partial charge is 0.350 e. The van der Waals surface area contributed by atoms with Crippen LogP contribution in [0.4, 0.5) is 0 Å². The molecule has 122 valence electrons. The average molecular weight is 319 g/mol. The number of hydrogen-bond acceptors (Lipinski definition) is 2. The van der Waals surface area contributed by atoms with Crippen molar-refractivity contribution >= 4 is 16.8 Å². The Bertz CT molecular complexity index is 869. The molecule has 0 radical (unpaired) electrons. The Hall–Kier alpha value is -2.62. The number of benzene rings is 1. The highest BCUT2D eigenvalue weighted by molar-refractivity contribution is 5.89. The van der Waals surface area contributed by atoms with Gasteiger partial charge in [-0.2, -0.15) is 0 Å². The van der Waals surface area contributed by atoms with Crippen LogP contribution in [0.1, 0.15) is 30.1 Å². The second kappa shape index (κ2) is 6.11. The van der Waals surface area contributed by atoms with Crippen molar-refractivity contribution in [3.63, 3.8) is 0 Å². The third kappa shape index (κ3) is 2.58. The summed E-state index contributed by atoms with van der Waals surface area (Å²) in [6, 6.07) is 14.3. The van der Waals surface area contributed by atoms with Gasteiger partial charge in [0.2, 0.25) is 5.91 Å². The molecule has 4 rings (SSSR count). The molecule has 3 heterocycles. The van der Waals surface area contributed by atoms with Crippen LogP contribution in [-0.2, 0) is 18.3 Å². The molecule has 1 saturated heterocycles. The molecule has 0 bridgehead atoms. The Morgan fingerprint density at radius 1 is 1.21 bits per heavy atom. The molecule has 0 spiro atoms. The highest BCUT2D eigenvalue weighted by atomic mass is 16.2. The van der Waals surface area contributed by atoms with Crippen LogP contribution in [0.5, 0.6) is 0 Å². The lowest BCUT2D eigenvalue weighted by atomic mass is 10.1. The van der Waals surface area contributed by atoms with Gasteiger partial charge in [-0.3, -0.25) is 9.78 Å². The maximum atomic E-state index is 12.9. The van der Waals surface area contributed by atoms with Crippen LogP contribution in [0.2, 0.25) is 0 Å². The summed E-state index contributed by atoms with van der Waals surface area (Å²) in [5.41, 5.74) is 3.27. The number of aromatic nitrogens is 2. The SMILES string of the molecule is Cn1cc(CC(=O)N2CCC[C@@H]2c2ccccn2)c2ccccc21. The number of likely N-dealkylation sites (tertiary alicyclic amines) is 1. The Morgan fingerprint density at radius 3 is 2.88 bits per heavy atom. The van der Waals surface area contributed by atoms with E-state index in [0.717, 1.165) is 30.6 Å². The van der Waals surface area contributed by atoms with Gasteiger partial charge in [-0.1, -0.05) is 24.3 Å². The van der Waals surface area contributed by atoms with Crippen LogP contribution in [0, 0.1) is 0 Å². The molecule has 1 aliphatic heterocycles. The highest BCUT2D eigenvalue weighted by Crippen LogP contribution is 2.31. The zero-order valence-corrected chi connectivity index (χ0v) is 13.9. The third-order valence-corrected chi connectivity index (χ3v) is 4.92. The number of rotatable bonds is 3. The van der Waals surface area contributed by atoms with Gasteiger partial charge in [0.15, 0.2) is 0 Å². The molecule has 1 amide bonds. The molecule has 3 aromatic rings. The van der Waals surface area contributed by atoms with E-state index in [-0.39, 0.29) is 11.9 Å². The lowest BCUT2D eigenvalue weighted by Gasteiger charge is -2.24. The van der Waals surface area contributed by atoms with Crippen LogP contribution in [0.25, 0.3) is 10.9 Å². The van der Waals surface area contributed by atoms with Crippen molar-refractivity contribution < 1.29 is 4.79 Å². The summed E-state index contributed by atoms with van der Waals surface area (Å²) in [5.74, 6) is 0.194. The summed E-state index contributed by atoms with van der Waals surface area (Å²) in [7, 11) is 2.03. The molecule has 1 aliphatic rings. The number of aryl methyl sites for hydroxylation is 1. The predicted molar refractivity (Wildman–Crippen MR) is 94.5 cm³/mol. The van der Waals surface area contributed by atoms with Crippen LogP contribution < -0.4 is 0 Å². The molecule has 4 nitrogen and oxygen atoms in total. The van der Waals surface area contributed by atoms with E-state index in [1.165, 1.54) is 10.9 Å². The lowest BCUT2D eigenvalue weighted by Crippen LogP contribution is -2.32. The summed E-state index contributed by atoms with van der Waals surface area (Å²) in [6.45, 7) is 0.824. The third-order valence-electron chi connectivity index (χ3n) is 4.92. The van der Waals surface area contributed by atoms with Crippen molar-refractivity contribution in [2.24, 2.45) is 7.05 Å². The normalized spacial score (nSPS) is 17.5. The van der Waals surface area contributed by atoms with E-state index >= 15 is 0 Å². The molecule has 24 heavy (non-hydrogen) atoms. The second-order valence-corrected chi connectivity index (χ2v) is 6.46. The Labute approximate surface area is 141 Å². The smallest absolute Gasteiger partial charge is 0.227 e. The average Bonchev–Trinajstić information content (AvgIpc) is 3.22. The first kappa shape index (κ1) is 14.9. The van der Waals surface area contributed by atoms with Gasteiger partial charge >= 0.3 is 0 Å². The van der Waals surface area contributed by atoms with E-state index in [2.05, 4.69) is 27.9 Å². The quantitative estimate of drug-likeness (QED) is 0.741. The minimum absolute atomic E-state index is 0.119. The maximum Gasteiger partial charge on any atom is 0.227 e. The zero-order valence-electron chi connectivity index (χ0n) is 13.9. The van der Waals surface area contributed by atoms with E-state index in [9.17, 15) is 4.79 Å². The first-order chi connectivity index (χ1) is 11.7. The Morgan fingerprint density at radius 2 is 2.04 bits per heavy atom. The van der Waals surface area contributed by atoms with Gasteiger partial charge in [0, 0.05) is 36.9 Å². The molecular weight excluding hydrogens is 298 g/mol. The molecule has 0 saturated carbocycles. The number of nitrogens with zero attached hydrogens (tertiary/aromatic N) is 3. The van der Waals surface area contributed by atoms with Crippen molar-refractivity contribution in [3.05, 3.63) is 66.1 Å². The highest BCUT2D eigenvalue weighted by Gasteiger charge is 2.30. The molecule has 1 aromatic carbocycles. The van der Waals surface area contributed by atoms with Gasteiger partial charge in [-0.15, -0.1) is 0 Å². The number of para-hydroxylation sites is 1. The molecule has 0 unspecified atom stereocenters. The fourth-order valence-electron chi connectivity index (χ4n) is 3.78. The molecule has 4 heteroatoms. The van der Waals surface area contributed by atoms with Crippen LogP contribution >= 0.6 is 0 Å². The first-order valence-electron chi connectivity index (χ1n) is 8.47. The Kier molecular flexibility index (Phi) is 3.81. The fourth-order valence-corrected chi connectivity index (χ4v) is 3.78. The monoisotopic (exact) mass is 319 g/mol. The molecule has 0 aliphatic carbocycles. The molecule has 0 N–H and O–H groups in total. The van der Waals surface area contributed by atoms with E-state index in [1.54, 1.807) is 6.20 Å². The minimum Gasteiger partial charge on any atom is -0.350 e. The summed E-state index contributed by atoms with van der Waals surface area (Å²) < 4.78 is 2.10. The van der Waals surface area contributed by atoms with Gasteiger partial charge in [0.25, 0.3) is 0 Å². The second-order valence-electron chi connectivity index (χ2n) is 6.46. The number of amides is 1. The number of pyridine rings is 1. The van der Waals surface area contributed by atoms with Gasteiger partial charge in [0.1, 0.15) is 0 Å². The van der Waals surface area contributed by atoms with Crippen molar-refractivity contribution in [1.82, 2.24) is 14.5 Å². The van der Waals surface area contributed by atoms with Gasteiger partial charge in [-0.25, -0.2) is 0 Å². The number of fused-ring (bicyclic) bond motifs is 1. The molecule has 1 atom stereocenters. The maximum absolute atomic E-state index is 12.9. The van der Waals surface area contributed by atoms with E-state index in [4.69, 9.17) is 0 Å². The predicted octanol–water partition coefficient (Wildman–Crippen LogP) is 3.48. The van der Waals surface area contributed by atoms with Crippen LogP contribution in [0.3, 0.4) is 0 Å². The standard InChI is InChI=1S/C20H21N3O/c1-22-14-15(16-7-2-3-9-18(16)22)13-20(24)23-12-6-10-19(23)17-8-4-5-11-21-17/h2-5,7-9,11,14,19H,6,10,12-13H2,1H3/t19-/m1/s1. The minimum atomic E-state index is 0.119. The van der Waals surface area contributed by atoms with Crippen molar-refractivity contribution in [1.29, 1.82) is 0 Å². The van der Waals surface area contributed by atoms with Gasteiger partial charge in [-0.05, 0) is 36.6 Å². The molecular formula is C20H21N3O. The number of hydrogen-bond donors (Lipinski definition) is 0. The van der Waals surface area contributed by atoms with Gasteiger partial charge in [0.05, 0.1) is 18.2 Å². The van der Waals surface area contributed by atoms with Crippen molar-refractivity contribution in [3.8, 4) is 0 Å². The van der Waals surface area contributed by atoms with Crippen LogP contribution in [-0.4, -0.2) is 26.9 Å².